The number of hydrogen-bond acceptors (Lipinski definition) is 2. The molecule has 4 heteroatoms. The molecule has 92 valence electrons. The Balaban J connectivity index is 1.59. The SMILES string of the molecule is O=C(NCCC1CCCO1)N1CCCCC1. The van der Waals surface area contributed by atoms with Gasteiger partial charge in [0.25, 0.3) is 0 Å². The van der Waals surface area contributed by atoms with Gasteiger partial charge in [-0.05, 0) is 38.5 Å². The number of nitrogens with one attached hydrogen (secondary N) is 1. The van der Waals surface area contributed by atoms with Crippen LogP contribution in [-0.4, -0.2) is 43.3 Å². The lowest BCUT2D eigenvalue weighted by molar-refractivity contribution is 0.104. The van der Waals surface area contributed by atoms with Crippen molar-refractivity contribution in [3.63, 3.8) is 0 Å². The molecule has 2 rings (SSSR count). The van der Waals surface area contributed by atoms with Crippen LogP contribution in [0.1, 0.15) is 38.5 Å². The third-order valence-corrected chi connectivity index (χ3v) is 3.41. The molecule has 1 unspecified atom stereocenters. The van der Waals surface area contributed by atoms with E-state index in [1.807, 2.05) is 4.90 Å². The monoisotopic (exact) mass is 226 g/mol. The van der Waals surface area contributed by atoms with Gasteiger partial charge in [-0.3, -0.25) is 0 Å². The lowest BCUT2D eigenvalue weighted by Gasteiger charge is -2.27. The lowest BCUT2D eigenvalue weighted by Crippen LogP contribution is -2.43. The van der Waals surface area contributed by atoms with Crippen LogP contribution in [0.25, 0.3) is 0 Å². The second-order valence-corrected chi connectivity index (χ2v) is 4.70. The molecular weight excluding hydrogens is 204 g/mol. The predicted octanol–water partition coefficient (Wildman–Crippen LogP) is 1.75. The highest BCUT2D eigenvalue weighted by Gasteiger charge is 2.18. The molecule has 0 bridgehead atoms. The van der Waals surface area contributed by atoms with Crippen molar-refractivity contribution in [3.8, 4) is 0 Å². The van der Waals surface area contributed by atoms with Gasteiger partial charge in [0.15, 0.2) is 0 Å². The van der Waals surface area contributed by atoms with Crippen LogP contribution < -0.4 is 5.32 Å². The highest BCUT2D eigenvalue weighted by Crippen LogP contribution is 2.14. The average Bonchev–Trinajstić information content (AvgIpc) is 2.83. The zero-order valence-corrected chi connectivity index (χ0v) is 9.91. The molecule has 0 aromatic heterocycles. The standard InChI is InChI=1S/C12H22N2O2/c15-12(14-8-2-1-3-9-14)13-7-6-11-5-4-10-16-11/h11H,1-10H2,(H,13,15). The third-order valence-electron chi connectivity index (χ3n) is 3.41. The lowest BCUT2D eigenvalue weighted by atomic mass is 10.1. The van der Waals surface area contributed by atoms with Gasteiger partial charge in [-0.25, -0.2) is 4.79 Å². The van der Waals surface area contributed by atoms with Crippen LogP contribution in [0.4, 0.5) is 4.79 Å². The fourth-order valence-corrected chi connectivity index (χ4v) is 2.42. The molecule has 16 heavy (non-hydrogen) atoms. The van der Waals surface area contributed by atoms with Crippen molar-refractivity contribution < 1.29 is 9.53 Å². The summed E-state index contributed by atoms with van der Waals surface area (Å²) in [6, 6.07) is 0.109. The summed E-state index contributed by atoms with van der Waals surface area (Å²) in [7, 11) is 0. The average molecular weight is 226 g/mol. The maximum absolute atomic E-state index is 11.7. The van der Waals surface area contributed by atoms with Gasteiger partial charge in [0.1, 0.15) is 0 Å². The molecule has 0 aromatic rings. The number of piperidine rings is 1. The van der Waals surface area contributed by atoms with E-state index < -0.39 is 0 Å². The maximum Gasteiger partial charge on any atom is 0.317 e. The number of nitrogens with zero attached hydrogens (tertiary/aromatic N) is 1. The number of ether oxygens (including phenoxy) is 1. The van der Waals surface area contributed by atoms with E-state index in [4.69, 9.17) is 4.74 Å². The Morgan fingerprint density at radius 3 is 2.75 bits per heavy atom. The van der Waals surface area contributed by atoms with Crippen LogP contribution in [0.15, 0.2) is 0 Å². The van der Waals surface area contributed by atoms with Gasteiger partial charge < -0.3 is 15.0 Å². The molecule has 2 amide bonds. The fraction of sp³-hybridized carbons (Fsp3) is 0.917. The summed E-state index contributed by atoms with van der Waals surface area (Å²) in [6.45, 7) is 3.49. The first-order valence-corrected chi connectivity index (χ1v) is 6.50. The number of rotatable bonds is 3. The Hall–Kier alpha value is -0.770. The van der Waals surface area contributed by atoms with E-state index in [2.05, 4.69) is 5.32 Å². The first-order valence-electron chi connectivity index (χ1n) is 6.50. The third kappa shape index (κ3) is 3.37. The van der Waals surface area contributed by atoms with Gasteiger partial charge in [0.2, 0.25) is 0 Å². The van der Waals surface area contributed by atoms with E-state index in [1.165, 1.54) is 12.8 Å². The number of carbonyl (C=O) groups excluding carboxylic acids is 1. The number of urea groups is 1. The minimum Gasteiger partial charge on any atom is -0.378 e. The number of likely N-dealkylation sites (tertiary alicyclic amines) is 1. The Labute approximate surface area is 97.3 Å². The van der Waals surface area contributed by atoms with Crippen molar-refractivity contribution in [2.75, 3.05) is 26.2 Å². The zero-order valence-electron chi connectivity index (χ0n) is 9.91. The van der Waals surface area contributed by atoms with Crippen molar-refractivity contribution in [2.45, 2.75) is 44.6 Å². The van der Waals surface area contributed by atoms with Crippen molar-refractivity contribution >= 4 is 6.03 Å². The van der Waals surface area contributed by atoms with Crippen molar-refractivity contribution in [1.82, 2.24) is 10.2 Å². The second-order valence-electron chi connectivity index (χ2n) is 4.70. The number of carbonyl (C=O) groups is 1. The fourth-order valence-electron chi connectivity index (χ4n) is 2.42. The summed E-state index contributed by atoms with van der Waals surface area (Å²) in [5.41, 5.74) is 0. The summed E-state index contributed by atoms with van der Waals surface area (Å²) >= 11 is 0. The van der Waals surface area contributed by atoms with E-state index in [0.29, 0.717) is 6.10 Å². The highest BCUT2D eigenvalue weighted by molar-refractivity contribution is 5.74. The number of amides is 2. The van der Waals surface area contributed by atoms with Gasteiger partial charge in [-0.2, -0.15) is 0 Å². The summed E-state index contributed by atoms with van der Waals surface area (Å²) in [4.78, 5) is 13.7. The van der Waals surface area contributed by atoms with E-state index in [0.717, 1.165) is 51.9 Å². The molecule has 1 N–H and O–H groups in total. The van der Waals surface area contributed by atoms with Crippen LogP contribution in [0.2, 0.25) is 0 Å². The van der Waals surface area contributed by atoms with Crippen LogP contribution in [-0.2, 0) is 4.74 Å². The molecule has 2 saturated heterocycles. The van der Waals surface area contributed by atoms with Crippen molar-refractivity contribution in [1.29, 1.82) is 0 Å². The molecule has 2 heterocycles. The van der Waals surface area contributed by atoms with E-state index in [-0.39, 0.29) is 6.03 Å². The van der Waals surface area contributed by atoms with Crippen LogP contribution in [0.3, 0.4) is 0 Å². The first kappa shape index (κ1) is 11.7. The Morgan fingerprint density at radius 2 is 2.06 bits per heavy atom. The molecule has 0 spiro atoms. The molecule has 0 radical (unpaired) electrons. The van der Waals surface area contributed by atoms with Gasteiger partial charge in [0, 0.05) is 26.2 Å². The van der Waals surface area contributed by atoms with Gasteiger partial charge in [-0.15, -0.1) is 0 Å². The topological polar surface area (TPSA) is 41.6 Å². The minimum atomic E-state index is 0.109. The minimum absolute atomic E-state index is 0.109. The van der Waals surface area contributed by atoms with Crippen molar-refractivity contribution in [3.05, 3.63) is 0 Å². The molecule has 1 atom stereocenters. The molecule has 0 aromatic carbocycles. The smallest absolute Gasteiger partial charge is 0.317 e. The van der Waals surface area contributed by atoms with Crippen LogP contribution in [0, 0.1) is 0 Å². The van der Waals surface area contributed by atoms with E-state index >= 15 is 0 Å². The zero-order chi connectivity index (χ0) is 11.2. The normalized spacial score (nSPS) is 25.8. The quantitative estimate of drug-likeness (QED) is 0.796. The Kier molecular flexibility index (Phi) is 4.45. The molecule has 0 aliphatic carbocycles. The summed E-state index contributed by atoms with van der Waals surface area (Å²) in [5, 5.41) is 2.99. The molecule has 2 aliphatic heterocycles. The highest BCUT2D eigenvalue weighted by atomic mass is 16.5. The number of hydrogen-bond donors (Lipinski definition) is 1. The summed E-state index contributed by atoms with van der Waals surface area (Å²) in [5.74, 6) is 0. The molecule has 2 fully saturated rings. The summed E-state index contributed by atoms with van der Waals surface area (Å²) < 4.78 is 5.52. The first-order chi connectivity index (χ1) is 7.86. The maximum atomic E-state index is 11.7. The predicted molar refractivity (Wildman–Crippen MR) is 62.4 cm³/mol. The van der Waals surface area contributed by atoms with Gasteiger partial charge in [0.05, 0.1) is 6.10 Å². The van der Waals surface area contributed by atoms with Crippen molar-refractivity contribution in [2.24, 2.45) is 0 Å². The van der Waals surface area contributed by atoms with E-state index in [1.54, 1.807) is 0 Å². The van der Waals surface area contributed by atoms with Crippen LogP contribution >= 0.6 is 0 Å². The molecule has 0 saturated carbocycles. The van der Waals surface area contributed by atoms with Gasteiger partial charge in [-0.1, -0.05) is 0 Å². The molecular formula is C12H22N2O2. The second kappa shape index (κ2) is 6.09. The Morgan fingerprint density at radius 1 is 1.25 bits per heavy atom. The van der Waals surface area contributed by atoms with E-state index in [9.17, 15) is 4.79 Å². The van der Waals surface area contributed by atoms with Gasteiger partial charge >= 0.3 is 6.03 Å². The van der Waals surface area contributed by atoms with Crippen LogP contribution in [0.5, 0.6) is 0 Å². The molecule has 2 aliphatic rings. The Bertz CT molecular complexity index is 221. The summed E-state index contributed by atoms with van der Waals surface area (Å²) in [6.07, 6.45) is 7.23. The largest absolute Gasteiger partial charge is 0.378 e. The molecule has 4 nitrogen and oxygen atoms in total.